The van der Waals surface area contributed by atoms with Crippen LogP contribution in [0.1, 0.15) is 15.9 Å². The van der Waals surface area contributed by atoms with Crippen molar-refractivity contribution in [1.82, 2.24) is 0 Å². The van der Waals surface area contributed by atoms with Gasteiger partial charge in [-0.3, -0.25) is 4.79 Å². The minimum absolute atomic E-state index is 0.310. The first-order chi connectivity index (χ1) is 9.97. The van der Waals surface area contributed by atoms with Gasteiger partial charge >= 0.3 is 0 Å². The highest BCUT2D eigenvalue weighted by Crippen LogP contribution is 2.22. The molecule has 0 aliphatic carbocycles. The highest BCUT2D eigenvalue weighted by atomic mass is 35.5. The number of carbonyl (C=O) groups is 1. The fourth-order valence-corrected chi connectivity index (χ4v) is 2.45. The van der Waals surface area contributed by atoms with E-state index in [-0.39, 0.29) is 0 Å². The zero-order valence-electron chi connectivity index (χ0n) is 11.2. The van der Waals surface area contributed by atoms with E-state index >= 15 is 0 Å². The average molecular weight is 324 g/mol. The van der Waals surface area contributed by atoms with Crippen molar-refractivity contribution >= 4 is 40.5 Å². The molecule has 0 aromatic heterocycles. The third kappa shape index (κ3) is 4.03. The Kier molecular flexibility index (Phi) is 4.94. The predicted octanol–water partition coefficient (Wildman–Crippen LogP) is 3.33. The summed E-state index contributed by atoms with van der Waals surface area (Å²) in [6.07, 6.45) is 0.728. The van der Waals surface area contributed by atoms with Crippen LogP contribution in [0.5, 0.6) is 0 Å². The molecule has 0 saturated carbocycles. The van der Waals surface area contributed by atoms with Crippen LogP contribution >= 0.6 is 23.2 Å². The van der Waals surface area contributed by atoms with Crippen LogP contribution in [0.25, 0.3) is 0 Å². The summed E-state index contributed by atoms with van der Waals surface area (Å²) in [6, 6.07) is 10.5. The standard InChI is InChI=1S/C15H15Cl2N3O/c16-10-2-1-9(13(17)7-10)5-6-20-11-3-4-14(18)12(8-11)15(19)21/h1-4,7-8,20H,5-6,18H2,(H2,19,21). The van der Waals surface area contributed by atoms with Crippen LogP contribution in [0.15, 0.2) is 36.4 Å². The van der Waals surface area contributed by atoms with Gasteiger partial charge in [0.1, 0.15) is 0 Å². The number of hydrogen-bond donors (Lipinski definition) is 3. The van der Waals surface area contributed by atoms with E-state index in [1.807, 2.05) is 6.07 Å². The Balaban J connectivity index is 2.00. The highest BCUT2D eigenvalue weighted by molar-refractivity contribution is 6.35. The lowest BCUT2D eigenvalue weighted by Gasteiger charge is -2.10. The first kappa shape index (κ1) is 15.5. The molecule has 0 saturated heterocycles. The number of primary amides is 1. The van der Waals surface area contributed by atoms with Crippen LogP contribution in [0.2, 0.25) is 10.0 Å². The first-order valence-electron chi connectivity index (χ1n) is 6.34. The van der Waals surface area contributed by atoms with Crippen molar-refractivity contribution < 1.29 is 4.79 Å². The number of anilines is 2. The molecule has 0 atom stereocenters. The van der Waals surface area contributed by atoms with Crippen LogP contribution in [-0.4, -0.2) is 12.5 Å². The molecule has 0 bridgehead atoms. The zero-order chi connectivity index (χ0) is 15.4. The number of benzene rings is 2. The Morgan fingerprint density at radius 3 is 2.57 bits per heavy atom. The molecule has 21 heavy (non-hydrogen) atoms. The Morgan fingerprint density at radius 1 is 1.14 bits per heavy atom. The monoisotopic (exact) mass is 323 g/mol. The Bertz CT molecular complexity index is 674. The lowest BCUT2D eigenvalue weighted by Crippen LogP contribution is -2.14. The summed E-state index contributed by atoms with van der Waals surface area (Å²) >= 11 is 12.0. The molecule has 0 aliphatic heterocycles. The summed E-state index contributed by atoms with van der Waals surface area (Å²) in [4.78, 5) is 11.2. The van der Waals surface area contributed by atoms with Gasteiger partial charge in [-0.2, -0.15) is 0 Å². The van der Waals surface area contributed by atoms with E-state index in [0.717, 1.165) is 17.7 Å². The number of halogens is 2. The van der Waals surface area contributed by atoms with E-state index in [2.05, 4.69) is 5.32 Å². The molecular weight excluding hydrogens is 309 g/mol. The maximum Gasteiger partial charge on any atom is 0.250 e. The number of amides is 1. The number of rotatable bonds is 5. The van der Waals surface area contributed by atoms with Crippen molar-refractivity contribution in [2.75, 3.05) is 17.6 Å². The van der Waals surface area contributed by atoms with Crippen molar-refractivity contribution in [3.05, 3.63) is 57.6 Å². The molecule has 4 nitrogen and oxygen atoms in total. The van der Waals surface area contributed by atoms with Gasteiger partial charge in [-0.1, -0.05) is 29.3 Å². The summed E-state index contributed by atoms with van der Waals surface area (Å²) < 4.78 is 0. The molecule has 1 amide bonds. The second-order valence-corrected chi connectivity index (χ2v) is 5.42. The summed E-state index contributed by atoms with van der Waals surface area (Å²) in [6.45, 7) is 0.656. The normalized spacial score (nSPS) is 10.4. The molecule has 2 aromatic carbocycles. The fraction of sp³-hybridized carbons (Fsp3) is 0.133. The molecular formula is C15H15Cl2N3O. The minimum atomic E-state index is -0.545. The van der Waals surface area contributed by atoms with Crippen molar-refractivity contribution in [2.45, 2.75) is 6.42 Å². The van der Waals surface area contributed by atoms with Gasteiger partial charge in [0.15, 0.2) is 0 Å². The molecule has 0 aliphatic rings. The zero-order valence-corrected chi connectivity index (χ0v) is 12.7. The molecule has 2 aromatic rings. The number of nitrogens with two attached hydrogens (primary N) is 2. The van der Waals surface area contributed by atoms with Crippen LogP contribution in [0.3, 0.4) is 0 Å². The number of hydrogen-bond acceptors (Lipinski definition) is 3. The van der Waals surface area contributed by atoms with E-state index < -0.39 is 5.91 Å². The van der Waals surface area contributed by atoms with Gasteiger partial charge in [0.2, 0.25) is 0 Å². The Hall–Kier alpha value is -1.91. The van der Waals surface area contributed by atoms with Crippen molar-refractivity contribution in [3.8, 4) is 0 Å². The van der Waals surface area contributed by atoms with Crippen LogP contribution in [-0.2, 0) is 6.42 Å². The van der Waals surface area contributed by atoms with E-state index in [9.17, 15) is 4.79 Å². The van der Waals surface area contributed by atoms with Gasteiger partial charge in [-0.25, -0.2) is 0 Å². The number of nitrogens with one attached hydrogen (secondary N) is 1. The van der Waals surface area contributed by atoms with Gasteiger partial charge in [0, 0.05) is 28.0 Å². The van der Waals surface area contributed by atoms with E-state index in [0.29, 0.717) is 27.8 Å². The molecule has 6 heteroatoms. The highest BCUT2D eigenvalue weighted by Gasteiger charge is 2.07. The average Bonchev–Trinajstić information content (AvgIpc) is 2.42. The lowest BCUT2D eigenvalue weighted by atomic mass is 10.1. The number of nitrogen functional groups attached to an aromatic ring is 1. The quantitative estimate of drug-likeness (QED) is 0.738. The molecule has 110 valence electrons. The summed E-state index contributed by atoms with van der Waals surface area (Å²) in [7, 11) is 0. The summed E-state index contributed by atoms with van der Waals surface area (Å²) in [5, 5.41) is 4.45. The van der Waals surface area contributed by atoms with E-state index in [1.165, 1.54) is 0 Å². The second kappa shape index (κ2) is 6.70. The summed E-state index contributed by atoms with van der Waals surface area (Å²) in [5.41, 5.74) is 13.4. The third-order valence-electron chi connectivity index (χ3n) is 3.06. The SMILES string of the molecule is NC(=O)c1cc(NCCc2ccc(Cl)cc2Cl)ccc1N. The third-order valence-corrected chi connectivity index (χ3v) is 3.64. The van der Waals surface area contributed by atoms with Crippen LogP contribution in [0.4, 0.5) is 11.4 Å². The first-order valence-corrected chi connectivity index (χ1v) is 7.10. The van der Waals surface area contributed by atoms with Crippen molar-refractivity contribution in [3.63, 3.8) is 0 Å². The molecule has 2 rings (SSSR count). The maximum absolute atomic E-state index is 11.2. The van der Waals surface area contributed by atoms with Crippen LogP contribution in [0, 0.1) is 0 Å². The Morgan fingerprint density at radius 2 is 1.90 bits per heavy atom. The predicted molar refractivity (Wildman–Crippen MR) is 88.0 cm³/mol. The van der Waals surface area contributed by atoms with E-state index in [4.69, 9.17) is 34.7 Å². The molecule has 0 heterocycles. The van der Waals surface area contributed by atoms with E-state index in [1.54, 1.807) is 30.3 Å². The van der Waals surface area contributed by atoms with Gasteiger partial charge in [0.05, 0.1) is 5.56 Å². The topological polar surface area (TPSA) is 81.1 Å². The molecule has 0 unspecified atom stereocenters. The van der Waals surface area contributed by atoms with Gasteiger partial charge < -0.3 is 16.8 Å². The number of carbonyl (C=O) groups excluding carboxylic acids is 1. The van der Waals surface area contributed by atoms with Crippen LogP contribution < -0.4 is 16.8 Å². The second-order valence-electron chi connectivity index (χ2n) is 4.58. The van der Waals surface area contributed by atoms with Gasteiger partial charge in [0.25, 0.3) is 5.91 Å². The lowest BCUT2D eigenvalue weighted by molar-refractivity contribution is 0.100. The van der Waals surface area contributed by atoms with Crippen molar-refractivity contribution in [1.29, 1.82) is 0 Å². The molecule has 0 spiro atoms. The largest absolute Gasteiger partial charge is 0.398 e. The minimum Gasteiger partial charge on any atom is -0.398 e. The molecule has 5 N–H and O–H groups in total. The molecule has 0 radical (unpaired) electrons. The molecule has 0 fully saturated rings. The Labute approximate surface area is 133 Å². The van der Waals surface area contributed by atoms with Crippen molar-refractivity contribution in [2.24, 2.45) is 5.73 Å². The van der Waals surface area contributed by atoms with Gasteiger partial charge in [-0.15, -0.1) is 0 Å². The summed E-state index contributed by atoms with van der Waals surface area (Å²) in [5.74, 6) is -0.545. The fourth-order valence-electron chi connectivity index (χ4n) is 1.95. The maximum atomic E-state index is 11.2. The van der Waals surface area contributed by atoms with Gasteiger partial charge in [-0.05, 0) is 42.3 Å². The smallest absolute Gasteiger partial charge is 0.250 e.